The fourth-order valence-electron chi connectivity index (χ4n) is 2.63. The van der Waals surface area contributed by atoms with Crippen molar-refractivity contribution in [3.63, 3.8) is 0 Å². The van der Waals surface area contributed by atoms with Gasteiger partial charge in [-0.25, -0.2) is 0 Å². The second-order valence-electron chi connectivity index (χ2n) is 5.52. The van der Waals surface area contributed by atoms with Crippen LogP contribution in [0.3, 0.4) is 0 Å². The topological polar surface area (TPSA) is 42.4 Å². The molecule has 2 unspecified atom stereocenters. The van der Waals surface area contributed by atoms with Crippen LogP contribution in [-0.2, 0) is 6.42 Å². The van der Waals surface area contributed by atoms with Crippen molar-refractivity contribution in [3.8, 4) is 5.75 Å². The molecule has 1 N–H and O–H groups in total. The van der Waals surface area contributed by atoms with E-state index < -0.39 is 6.10 Å². The van der Waals surface area contributed by atoms with Gasteiger partial charge in [0.15, 0.2) is 0 Å². The predicted molar refractivity (Wildman–Crippen MR) is 84.8 cm³/mol. The molecular weight excluding hydrogens is 262 g/mol. The first-order valence-electron chi connectivity index (χ1n) is 7.26. The van der Waals surface area contributed by atoms with Crippen LogP contribution in [0.1, 0.15) is 35.2 Å². The summed E-state index contributed by atoms with van der Waals surface area (Å²) in [6, 6.07) is 10.1. The number of nitrogens with zero attached hydrogens (tertiary/aromatic N) is 1. The molecule has 0 aliphatic carbocycles. The molecule has 0 amide bonds. The van der Waals surface area contributed by atoms with Crippen LogP contribution in [0, 0.1) is 13.8 Å². The highest BCUT2D eigenvalue weighted by Crippen LogP contribution is 2.27. The Balaban J connectivity index is 2.18. The molecule has 0 spiro atoms. The Hall–Kier alpha value is -1.87. The number of methoxy groups -OCH3 is 1. The van der Waals surface area contributed by atoms with Gasteiger partial charge in [-0.3, -0.25) is 4.98 Å². The van der Waals surface area contributed by atoms with Crippen LogP contribution in [0.5, 0.6) is 5.75 Å². The van der Waals surface area contributed by atoms with Gasteiger partial charge in [0, 0.05) is 35.4 Å². The van der Waals surface area contributed by atoms with E-state index in [-0.39, 0.29) is 5.92 Å². The van der Waals surface area contributed by atoms with Crippen LogP contribution >= 0.6 is 0 Å². The van der Waals surface area contributed by atoms with E-state index in [4.69, 9.17) is 4.74 Å². The third-order valence-electron chi connectivity index (χ3n) is 4.05. The van der Waals surface area contributed by atoms with Crippen LogP contribution in [0.2, 0.25) is 0 Å². The van der Waals surface area contributed by atoms with Gasteiger partial charge in [-0.05, 0) is 19.4 Å². The predicted octanol–water partition coefficient (Wildman–Crippen LogP) is 3.41. The molecule has 2 aromatic rings. The second-order valence-corrected chi connectivity index (χ2v) is 5.52. The molecule has 2 atom stereocenters. The van der Waals surface area contributed by atoms with Crippen LogP contribution in [0.15, 0.2) is 36.5 Å². The zero-order chi connectivity index (χ0) is 15.4. The average molecular weight is 285 g/mol. The van der Waals surface area contributed by atoms with Crippen LogP contribution < -0.4 is 4.74 Å². The first kappa shape index (κ1) is 15.5. The first-order chi connectivity index (χ1) is 10.0. The van der Waals surface area contributed by atoms with E-state index in [1.54, 1.807) is 13.3 Å². The van der Waals surface area contributed by atoms with Crippen molar-refractivity contribution in [2.75, 3.05) is 7.11 Å². The van der Waals surface area contributed by atoms with E-state index in [1.165, 1.54) is 0 Å². The van der Waals surface area contributed by atoms with E-state index in [1.807, 2.05) is 51.1 Å². The molecule has 21 heavy (non-hydrogen) atoms. The molecule has 1 aromatic carbocycles. The van der Waals surface area contributed by atoms with Crippen molar-refractivity contribution >= 4 is 0 Å². The van der Waals surface area contributed by atoms with Crippen LogP contribution in [0.4, 0.5) is 0 Å². The molecule has 0 aliphatic rings. The molecule has 1 aromatic heterocycles. The summed E-state index contributed by atoms with van der Waals surface area (Å²) >= 11 is 0. The lowest BCUT2D eigenvalue weighted by Crippen LogP contribution is -2.20. The zero-order valence-electron chi connectivity index (χ0n) is 13.1. The van der Waals surface area contributed by atoms with Gasteiger partial charge in [-0.2, -0.15) is 0 Å². The van der Waals surface area contributed by atoms with E-state index in [2.05, 4.69) is 4.98 Å². The summed E-state index contributed by atoms with van der Waals surface area (Å²) in [6.45, 7) is 6.01. The summed E-state index contributed by atoms with van der Waals surface area (Å²) < 4.78 is 5.42. The molecule has 0 saturated carbocycles. The number of aliphatic hydroxyl groups excluding tert-OH is 1. The van der Waals surface area contributed by atoms with Gasteiger partial charge in [-0.1, -0.05) is 37.3 Å². The summed E-state index contributed by atoms with van der Waals surface area (Å²) in [7, 11) is 1.67. The van der Waals surface area contributed by atoms with Crippen LogP contribution in [-0.4, -0.2) is 23.3 Å². The number of aryl methyl sites for hydroxylation is 1. The summed E-state index contributed by atoms with van der Waals surface area (Å²) in [5, 5.41) is 10.5. The summed E-state index contributed by atoms with van der Waals surface area (Å²) in [6.07, 6.45) is 1.87. The maximum Gasteiger partial charge on any atom is 0.128 e. The molecule has 2 rings (SSSR count). The van der Waals surface area contributed by atoms with Crippen molar-refractivity contribution in [3.05, 3.63) is 58.9 Å². The smallest absolute Gasteiger partial charge is 0.128 e. The van der Waals surface area contributed by atoms with Crippen molar-refractivity contribution < 1.29 is 9.84 Å². The lowest BCUT2D eigenvalue weighted by atomic mass is 9.91. The number of aromatic nitrogens is 1. The van der Waals surface area contributed by atoms with Crippen molar-refractivity contribution in [2.24, 2.45) is 0 Å². The van der Waals surface area contributed by atoms with E-state index >= 15 is 0 Å². The summed E-state index contributed by atoms with van der Waals surface area (Å²) in [5.41, 5.74) is 4.07. The Labute approximate surface area is 126 Å². The highest BCUT2D eigenvalue weighted by Gasteiger charge is 2.19. The monoisotopic (exact) mass is 285 g/mol. The highest BCUT2D eigenvalue weighted by molar-refractivity contribution is 5.41. The van der Waals surface area contributed by atoms with E-state index in [0.29, 0.717) is 6.42 Å². The number of ether oxygens (including phenoxy) is 1. The molecule has 3 heteroatoms. The number of rotatable bonds is 5. The Bertz CT molecular complexity index is 596. The molecule has 0 aliphatic heterocycles. The van der Waals surface area contributed by atoms with Crippen LogP contribution in [0.25, 0.3) is 0 Å². The molecule has 0 bridgehead atoms. The van der Waals surface area contributed by atoms with Gasteiger partial charge in [0.2, 0.25) is 0 Å². The average Bonchev–Trinajstić information content (AvgIpc) is 2.50. The second kappa shape index (κ2) is 6.72. The van der Waals surface area contributed by atoms with Gasteiger partial charge in [-0.15, -0.1) is 0 Å². The van der Waals surface area contributed by atoms with Gasteiger partial charge >= 0.3 is 0 Å². The molecule has 112 valence electrons. The molecule has 1 heterocycles. The van der Waals surface area contributed by atoms with Gasteiger partial charge < -0.3 is 9.84 Å². The normalized spacial score (nSPS) is 13.8. The Morgan fingerprint density at radius 3 is 2.48 bits per heavy atom. The Kier molecular flexibility index (Phi) is 4.97. The number of benzene rings is 1. The van der Waals surface area contributed by atoms with Crippen molar-refractivity contribution in [2.45, 2.75) is 39.2 Å². The number of hydrogen-bond acceptors (Lipinski definition) is 3. The van der Waals surface area contributed by atoms with Gasteiger partial charge in [0.1, 0.15) is 5.75 Å². The van der Waals surface area contributed by atoms with E-state index in [0.717, 1.165) is 28.1 Å². The van der Waals surface area contributed by atoms with Crippen molar-refractivity contribution in [1.29, 1.82) is 0 Å². The summed E-state index contributed by atoms with van der Waals surface area (Å²) in [4.78, 5) is 4.46. The molecule has 3 nitrogen and oxygen atoms in total. The van der Waals surface area contributed by atoms with Gasteiger partial charge in [0.05, 0.1) is 13.2 Å². The minimum Gasteiger partial charge on any atom is -0.496 e. The minimum absolute atomic E-state index is 0.0692. The first-order valence-corrected chi connectivity index (χ1v) is 7.26. The molecule has 0 radical (unpaired) electrons. The number of pyridine rings is 1. The maximum absolute atomic E-state index is 10.5. The lowest BCUT2D eigenvalue weighted by Gasteiger charge is -2.20. The van der Waals surface area contributed by atoms with E-state index in [9.17, 15) is 5.11 Å². The zero-order valence-corrected chi connectivity index (χ0v) is 13.1. The Morgan fingerprint density at radius 1 is 1.19 bits per heavy atom. The maximum atomic E-state index is 10.5. The lowest BCUT2D eigenvalue weighted by molar-refractivity contribution is 0.148. The number of hydrogen-bond donors (Lipinski definition) is 1. The Morgan fingerprint density at radius 2 is 1.86 bits per heavy atom. The fourth-order valence-corrected chi connectivity index (χ4v) is 2.63. The highest BCUT2D eigenvalue weighted by atomic mass is 16.5. The van der Waals surface area contributed by atoms with Crippen molar-refractivity contribution in [1.82, 2.24) is 4.98 Å². The molecular formula is C18H23NO2. The number of aliphatic hydroxyl groups is 1. The third kappa shape index (κ3) is 3.42. The fraction of sp³-hybridized carbons (Fsp3) is 0.389. The molecule has 0 saturated heterocycles. The van der Waals surface area contributed by atoms with Gasteiger partial charge in [0.25, 0.3) is 0 Å². The third-order valence-corrected chi connectivity index (χ3v) is 4.05. The minimum atomic E-state index is -0.467. The quantitative estimate of drug-likeness (QED) is 0.915. The standard InChI is InChI=1S/C18H23NO2/c1-12-11-19-16(14(3)18(12)21-4)10-17(20)13(2)15-8-6-5-7-9-15/h5-9,11,13,17,20H,10H2,1-4H3. The SMILES string of the molecule is COc1c(C)cnc(CC(O)C(C)c2ccccc2)c1C. The largest absolute Gasteiger partial charge is 0.496 e. The molecule has 0 fully saturated rings. The summed E-state index contributed by atoms with van der Waals surface area (Å²) in [5.74, 6) is 0.930.